The Morgan fingerprint density at radius 1 is 0.714 bits per heavy atom. The highest BCUT2D eigenvalue weighted by atomic mass is 15.0. The number of fused-ring (bicyclic) bond motifs is 3. The Morgan fingerprint density at radius 3 is 2.07 bits per heavy atom. The van der Waals surface area contributed by atoms with E-state index in [0.29, 0.717) is 0 Å². The fourth-order valence-electron chi connectivity index (χ4n) is 4.11. The summed E-state index contributed by atoms with van der Waals surface area (Å²) in [5.74, 6) is 0. The third kappa shape index (κ3) is 2.97. The van der Waals surface area contributed by atoms with Gasteiger partial charge in [-0.15, -0.1) is 0 Å². The quantitative estimate of drug-likeness (QED) is 0.374. The second-order valence-electron chi connectivity index (χ2n) is 7.43. The zero-order chi connectivity index (χ0) is 18.9. The lowest BCUT2D eigenvalue weighted by Gasteiger charge is -2.08. The predicted molar refractivity (Wildman–Crippen MR) is 115 cm³/mol. The average Bonchev–Trinajstić information content (AvgIpc) is 3.04. The van der Waals surface area contributed by atoms with Crippen molar-refractivity contribution in [2.24, 2.45) is 0 Å². The molecule has 0 aliphatic heterocycles. The first-order chi connectivity index (χ1) is 13.8. The maximum absolute atomic E-state index is 2.43. The van der Waals surface area contributed by atoms with Crippen molar-refractivity contribution in [3.63, 3.8) is 0 Å². The molecule has 0 aliphatic carbocycles. The number of nitrogens with zero attached hydrogens (tertiary/aromatic N) is 2. The van der Waals surface area contributed by atoms with Gasteiger partial charge in [-0.2, -0.15) is 0 Å². The lowest BCUT2D eigenvalue weighted by Crippen LogP contribution is -2.34. The van der Waals surface area contributed by atoms with E-state index in [1.54, 1.807) is 0 Å². The van der Waals surface area contributed by atoms with E-state index in [2.05, 4.69) is 113 Å². The average molecular weight is 363 g/mol. The largest absolute Gasteiger partial charge is 0.336 e. The smallest absolute Gasteiger partial charge is 0.174 e. The fourth-order valence-corrected chi connectivity index (χ4v) is 4.11. The first-order valence-electron chi connectivity index (χ1n) is 9.78. The molecule has 2 aromatic heterocycles. The lowest BCUT2D eigenvalue weighted by atomic mass is 10.1. The van der Waals surface area contributed by atoms with Gasteiger partial charge in [0.2, 0.25) is 0 Å². The van der Waals surface area contributed by atoms with Crippen molar-refractivity contribution in [1.82, 2.24) is 4.57 Å². The van der Waals surface area contributed by atoms with E-state index in [4.69, 9.17) is 0 Å². The zero-order valence-electron chi connectivity index (χ0n) is 16.0. The summed E-state index contributed by atoms with van der Waals surface area (Å²) in [6, 6.07) is 30.4. The monoisotopic (exact) mass is 363 g/mol. The van der Waals surface area contributed by atoms with Gasteiger partial charge in [0.05, 0.1) is 6.54 Å². The second kappa shape index (κ2) is 6.97. The summed E-state index contributed by atoms with van der Waals surface area (Å²) in [4.78, 5) is 0. The van der Waals surface area contributed by atoms with Gasteiger partial charge in [0.15, 0.2) is 18.9 Å². The molecule has 136 valence electrons. The molecule has 0 unspecified atom stereocenters. The van der Waals surface area contributed by atoms with Gasteiger partial charge < -0.3 is 4.57 Å². The number of pyridine rings is 1. The van der Waals surface area contributed by atoms with E-state index in [1.165, 1.54) is 38.5 Å². The van der Waals surface area contributed by atoms with Crippen LogP contribution in [0, 0.1) is 6.92 Å². The molecule has 2 heterocycles. The molecule has 28 heavy (non-hydrogen) atoms. The molecule has 3 aromatic carbocycles. The van der Waals surface area contributed by atoms with E-state index in [9.17, 15) is 0 Å². The van der Waals surface area contributed by atoms with Crippen molar-refractivity contribution in [2.75, 3.05) is 0 Å². The van der Waals surface area contributed by atoms with E-state index < -0.39 is 0 Å². The summed E-state index contributed by atoms with van der Waals surface area (Å²) in [5.41, 5.74) is 6.59. The highest BCUT2D eigenvalue weighted by Crippen LogP contribution is 2.29. The Balaban J connectivity index is 1.54. The van der Waals surface area contributed by atoms with Crippen LogP contribution in [0.15, 0.2) is 97.3 Å². The summed E-state index contributed by atoms with van der Waals surface area (Å²) < 4.78 is 4.71. The summed E-state index contributed by atoms with van der Waals surface area (Å²) in [7, 11) is 0. The normalized spacial score (nSPS) is 11.3. The molecular formula is C26H23N2+. The lowest BCUT2D eigenvalue weighted by molar-refractivity contribution is -0.688. The van der Waals surface area contributed by atoms with Crippen LogP contribution in [-0.2, 0) is 13.1 Å². The van der Waals surface area contributed by atoms with Crippen LogP contribution in [0.5, 0.6) is 0 Å². The molecule has 0 amide bonds. The van der Waals surface area contributed by atoms with E-state index in [1.807, 2.05) is 0 Å². The molecule has 0 bridgehead atoms. The van der Waals surface area contributed by atoms with Crippen molar-refractivity contribution < 1.29 is 4.57 Å². The first kappa shape index (κ1) is 16.8. The van der Waals surface area contributed by atoms with Crippen LogP contribution in [0.25, 0.3) is 21.8 Å². The summed E-state index contributed by atoms with van der Waals surface area (Å²) in [6.45, 7) is 3.94. The Bertz CT molecular complexity index is 1230. The molecule has 0 saturated carbocycles. The summed E-state index contributed by atoms with van der Waals surface area (Å²) in [5, 5.41) is 2.64. The minimum atomic E-state index is 0.864. The molecule has 0 radical (unpaired) electrons. The maximum Gasteiger partial charge on any atom is 0.174 e. The van der Waals surface area contributed by atoms with Gasteiger partial charge in [0, 0.05) is 39.0 Å². The maximum atomic E-state index is 2.43. The van der Waals surface area contributed by atoms with Gasteiger partial charge in [-0.25, -0.2) is 4.57 Å². The first-order valence-corrected chi connectivity index (χ1v) is 9.78. The molecule has 0 atom stereocenters. The minimum absolute atomic E-state index is 0.864. The third-order valence-corrected chi connectivity index (χ3v) is 5.55. The van der Waals surface area contributed by atoms with Gasteiger partial charge in [0.1, 0.15) is 0 Å². The van der Waals surface area contributed by atoms with Gasteiger partial charge >= 0.3 is 0 Å². The molecule has 2 heteroatoms. The van der Waals surface area contributed by atoms with Crippen LogP contribution >= 0.6 is 0 Å². The van der Waals surface area contributed by atoms with Crippen molar-refractivity contribution in [1.29, 1.82) is 0 Å². The zero-order valence-corrected chi connectivity index (χ0v) is 16.0. The standard InChI is InChI=1S/C26H23N2/c1-20-9-2-3-11-22(20)19-27-16-8-10-21(17-27)18-28-25-14-6-4-12-23(25)24-13-5-7-15-26(24)28/h2-17H,18-19H2,1H3/q+1. The van der Waals surface area contributed by atoms with Crippen LogP contribution in [0.3, 0.4) is 0 Å². The molecule has 0 fully saturated rings. The Hall–Kier alpha value is -3.39. The van der Waals surface area contributed by atoms with Crippen LogP contribution in [0.2, 0.25) is 0 Å². The molecule has 5 aromatic rings. The number of para-hydroxylation sites is 2. The topological polar surface area (TPSA) is 8.81 Å². The van der Waals surface area contributed by atoms with Crippen LogP contribution in [0.1, 0.15) is 16.7 Å². The minimum Gasteiger partial charge on any atom is -0.336 e. The predicted octanol–water partition coefficient (Wildman–Crippen LogP) is 5.49. The summed E-state index contributed by atoms with van der Waals surface area (Å²) in [6.07, 6.45) is 4.43. The Labute approximate surface area is 165 Å². The molecule has 0 saturated heterocycles. The number of hydrogen-bond donors (Lipinski definition) is 0. The SMILES string of the molecule is Cc1ccccc1C[n+]1cccc(Cn2c3ccccc3c3ccccc32)c1. The number of aryl methyl sites for hydroxylation is 1. The Kier molecular flexibility index (Phi) is 4.17. The third-order valence-electron chi connectivity index (χ3n) is 5.55. The second-order valence-corrected chi connectivity index (χ2v) is 7.43. The van der Waals surface area contributed by atoms with Crippen LogP contribution < -0.4 is 4.57 Å². The number of rotatable bonds is 4. The fraction of sp³-hybridized carbons (Fsp3) is 0.115. The van der Waals surface area contributed by atoms with Gasteiger partial charge in [-0.05, 0) is 30.7 Å². The highest BCUT2D eigenvalue weighted by molar-refractivity contribution is 6.08. The molecule has 0 N–H and O–H groups in total. The van der Waals surface area contributed by atoms with E-state index >= 15 is 0 Å². The molecule has 2 nitrogen and oxygen atoms in total. The van der Waals surface area contributed by atoms with Crippen LogP contribution in [0.4, 0.5) is 0 Å². The van der Waals surface area contributed by atoms with Gasteiger partial charge in [0.25, 0.3) is 0 Å². The van der Waals surface area contributed by atoms with Crippen molar-refractivity contribution in [2.45, 2.75) is 20.0 Å². The Morgan fingerprint density at radius 2 is 1.36 bits per heavy atom. The molecule has 0 spiro atoms. The van der Waals surface area contributed by atoms with E-state index in [-0.39, 0.29) is 0 Å². The molecule has 0 aliphatic rings. The number of hydrogen-bond acceptors (Lipinski definition) is 0. The highest BCUT2D eigenvalue weighted by Gasteiger charge is 2.12. The van der Waals surface area contributed by atoms with E-state index in [0.717, 1.165) is 13.1 Å². The van der Waals surface area contributed by atoms with Crippen molar-refractivity contribution >= 4 is 21.8 Å². The molecule has 5 rings (SSSR count). The van der Waals surface area contributed by atoms with Gasteiger partial charge in [-0.3, -0.25) is 0 Å². The van der Waals surface area contributed by atoms with Crippen LogP contribution in [-0.4, -0.2) is 4.57 Å². The number of aromatic nitrogens is 2. The van der Waals surface area contributed by atoms with Gasteiger partial charge in [-0.1, -0.05) is 60.7 Å². The molecular weight excluding hydrogens is 340 g/mol. The van der Waals surface area contributed by atoms with Crippen molar-refractivity contribution in [3.05, 3.63) is 114 Å². The summed E-state index contributed by atoms with van der Waals surface area (Å²) >= 11 is 0. The van der Waals surface area contributed by atoms with Crippen molar-refractivity contribution in [3.8, 4) is 0 Å². The number of benzene rings is 3.